The molecule has 4 heteroatoms. The minimum Gasteiger partial charge on any atom is -0.368 e. The van der Waals surface area contributed by atoms with Gasteiger partial charge in [0.15, 0.2) is 0 Å². The van der Waals surface area contributed by atoms with Crippen LogP contribution in [0.15, 0.2) is 24.3 Å². The van der Waals surface area contributed by atoms with Gasteiger partial charge < -0.3 is 10.1 Å². The molecule has 19 heavy (non-hydrogen) atoms. The van der Waals surface area contributed by atoms with Crippen LogP contribution in [0.1, 0.15) is 25.3 Å². The molecule has 0 bridgehead atoms. The molecule has 1 aliphatic carbocycles. The van der Waals surface area contributed by atoms with Crippen LogP contribution in [-0.4, -0.2) is 18.6 Å². The van der Waals surface area contributed by atoms with Crippen LogP contribution in [0.3, 0.4) is 0 Å². The Labute approximate surface area is 113 Å². The first-order chi connectivity index (χ1) is 9.19. The number of ether oxygens (including phenoxy) is 1. The molecule has 0 aliphatic heterocycles. The van der Waals surface area contributed by atoms with Crippen molar-refractivity contribution in [2.24, 2.45) is 5.92 Å². The van der Waals surface area contributed by atoms with Gasteiger partial charge in [0.25, 0.3) is 5.91 Å². The lowest BCUT2D eigenvalue weighted by Crippen LogP contribution is -2.28. The van der Waals surface area contributed by atoms with Crippen molar-refractivity contribution in [3.05, 3.63) is 29.8 Å². The number of nitriles is 1. The number of carbonyl (C=O) groups is 1. The summed E-state index contributed by atoms with van der Waals surface area (Å²) in [5, 5.41) is 11.4. The second-order valence-corrected chi connectivity index (χ2v) is 4.94. The summed E-state index contributed by atoms with van der Waals surface area (Å²) in [5.41, 5.74) is 1.67. The zero-order chi connectivity index (χ0) is 13.7. The molecule has 1 aliphatic rings. The lowest BCUT2D eigenvalue weighted by atomic mass is 10.1. The fourth-order valence-corrected chi connectivity index (χ4v) is 1.68. The van der Waals surface area contributed by atoms with E-state index in [1.807, 2.05) is 12.1 Å². The number of benzene rings is 1. The zero-order valence-corrected chi connectivity index (χ0v) is 11.1. The van der Waals surface area contributed by atoms with E-state index in [0.717, 1.165) is 11.3 Å². The summed E-state index contributed by atoms with van der Waals surface area (Å²) in [6.07, 6.45) is 2.39. The van der Waals surface area contributed by atoms with Crippen LogP contribution >= 0.6 is 0 Å². The smallest absolute Gasteiger partial charge is 0.253 e. The van der Waals surface area contributed by atoms with Crippen LogP contribution in [0.4, 0.5) is 5.69 Å². The van der Waals surface area contributed by atoms with Crippen molar-refractivity contribution in [3.63, 3.8) is 0 Å². The van der Waals surface area contributed by atoms with Gasteiger partial charge in [-0.25, -0.2) is 0 Å². The zero-order valence-electron chi connectivity index (χ0n) is 11.1. The third kappa shape index (κ3) is 4.38. The Hall–Kier alpha value is -1.86. The van der Waals surface area contributed by atoms with E-state index < -0.39 is 6.10 Å². The van der Waals surface area contributed by atoms with Gasteiger partial charge in [0.05, 0.1) is 19.1 Å². The average Bonchev–Trinajstić information content (AvgIpc) is 3.22. The Morgan fingerprint density at radius 2 is 2.16 bits per heavy atom. The third-order valence-corrected chi connectivity index (χ3v) is 3.15. The van der Waals surface area contributed by atoms with E-state index in [1.54, 1.807) is 19.1 Å². The number of hydrogen-bond acceptors (Lipinski definition) is 3. The average molecular weight is 258 g/mol. The highest BCUT2D eigenvalue weighted by Gasteiger charge is 2.24. The van der Waals surface area contributed by atoms with Crippen molar-refractivity contribution in [2.75, 3.05) is 11.9 Å². The molecule has 0 spiro atoms. The Morgan fingerprint density at radius 1 is 1.47 bits per heavy atom. The van der Waals surface area contributed by atoms with E-state index in [2.05, 4.69) is 11.4 Å². The molecular weight excluding hydrogens is 240 g/mol. The van der Waals surface area contributed by atoms with Crippen LogP contribution in [0.5, 0.6) is 0 Å². The second kappa shape index (κ2) is 6.35. The fourth-order valence-electron chi connectivity index (χ4n) is 1.68. The summed E-state index contributed by atoms with van der Waals surface area (Å²) < 4.78 is 5.51. The maximum atomic E-state index is 11.9. The molecule has 0 heterocycles. The monoisotopic (exact) mass is 258 g/mol. The number of nitrogens with one attached hydrogen (secondary N) is 1. The van der Waals surface area contributed by atoms with E-state index in [4.69, 9.17) is 10.00 Å². The normalized spacial score (nSPS) is 15.6. The van der Waals surface area contributed by atoms with Crippen molar-refractivity contribution in [1.82, 2.24) is 0 Å². The Kier molecular flexibility index (Phi) is 4.53. The summed E-state index contributed by atoms with van der Waals surface area (Å²) in [5.74, 6) is 0.522. The van der Waals surface area contributed by atoms with E-state index in [9.17, 15) is 4.79 Å². The lowest BCUT2D eigenvalue weighted by Gasteiger charge is -2.13. The van der Waals surface area contributed by atoms with Crippen molar-refractivity contribution < 1.29 is 9.53 Å². The number of amides is 1. The van der Waals surface area contributed by atoms with Crippen molar-refractivity contribution >= 4 is 11.6 Å². The minimum absolute atomic E-state index is 0.131. The summed E-state index contributed by atoms with van der Waals surface area (Å²) >= 11 is 0. The highest BCUT2D eigenvalue weighted by Crippen LogP contribution is 2.29. The topological polar surface area (TPSA) is 62.1 Å². The molecule has 100 valence electrons. The van der Waals surface area contributed by atoms with E-state index in [0.29, 0.717) is 18.9 Å². The highest BCUT2D eigenvalue weighted by molar-refractivity contribution is 5.93. The summed E-state index contributed by atoms with van der Waals surface area (Å²) in [7, 11) is 0. The number of rotatable bonds is 6. The van der Waals surface area contributed by atoms with Crippen molar-refractivity contribution in [3.8, 4) is 6.07 Å². The molecule has 4 nitrogen and oxygen atoms in total. The summed E-state index contributed by atoms with van der Waals surface area (Å²) in [4.78, 5) is 11.9. The SMILES string of the molecule is C[C@@H](OCC1CC1)C(=O)Nc1ccc(CC#N)cc1. The van der Waals surface area contributed by atoms with Gasteiger partial charge >= 0.3 is 0 Å². The van der Waals surface area contributed by atoms with Gasteiger partial charge in [0, 0.05) is 5.69 Å². The molecule has 1 saturated carbocycles. The van der Waals surface area contributed by atoms with Gasteiger partial charge in [-0.3, -0.25) is 4.79 Å². The maximum absolute atomic E-state index is 11.9. The molecule has 1 aromatic rings. The largest absolute Gasteiger partial charge is 0.368 e. The number of carbonyl (C=O) groups excluding carboxylic acids is 1. The quantitative estimate of drug-likeness (QED) is 0.852. The molecule has 1 fully saturated rings. The second-order valence-electron chi connectivity index (χ2n) is 4.94. The van der Waals surface area contributed by atoms with E-state index in [1.165, 1.54) is 12.8 Å². The highest BCUT2D eigenvalue weighted by atomic mass is 16.5. The Balaban J connectivity index is 1.81. The Morgan fingerprint density at radius 3 is 2.74 bits per heavy atom. The predicted octanol–water partition coefficient (Wildman–Crippen LogP) is 2.51. The van der Waals surface area contributed by atoms with E-state index >= 15 is 0 Å². The third-order valence-electron chi connectivity index (χ3n) is 3.15. The van der Waals surface area contributed by atoms with Crippen LogP contribution in [0.25, 0.3) is 0 Å². The van der Waals surface area contributed by atoms with Crippen molar-refractivity contribution in [1.29, 1.82) is 5.26 Å². The number of nitrogens with zero attached hydrogens (tertiary/aromatic N) is 1. The Bertz CT molecular complexity index is 472. The molecule has 0 saturated heterocycles. The molecule has 0 radical (unpaired) electrons. The molecule has 0 aromatic heterocycles. The molecule has 0 unspecified atom stereocenters. The molecular formula is C15H18N2O2. The van der Waals surface area contributed by atoms with Crippen LogP contribution in [-0.2, 0) is 16.0 Å². The van der Waals surface area contributed by atoms with Gasteiger partial charge in [-0.2, -0.15) is 5.26 Å². The van der Waals surface area contributed by atoms with Gasteiger partial charge in [0.2, 0.25) is 0 Å². The van der Waals surface area contributed by atoms with Gasteiger partial charge in [-0.05, 0) is 43.4 Å². The fraction of sp³-hybridized carbons (Fsp3) is 0.467. The van der Waals surface area contributed by atoms with Gasteiger partial charge in [-0.1, -0.05) is 12.1 Å². The van der Waals surface area contributed by atoms with Gasteiger partial charge in [-0.15, -0.1) is 0 Å². The molecule has 1 amide bonds. The van der Waals surface area contributed by atoms with Gasteiger partial charge in [0.1, 0.15) is 6.10 Å². The first kappa shape index (κ1) is 13.6. The van der Waals surface area contributed by atoms with Crippen LogP contribution < -0.4 is 5.32 Å². The molecule has 1 aromatic carbocycles. The van der Waals surface area contributed by atoms with Crippen molar-refractivity contribution in [2.45, 2.75) is 32.3 Å². The van der Waals surface area contributed by atoms with E-state index in [-0.39, 0.29) is 5.91 Å². The minimum atomic E-state index is -0.431. The maximum Gasteiger partial charge on any atom is 0.253 e. The molecule has 1 N–H and O–H groups in total. The van der Waals surface area contributed by atoms with Crippen LogP contribution in [0, 0.1) is 17.2 Å². The standard InChI is InChI=1S/C15H18N2O2/c1-11(19-10-13-2-3-13)15(18)17-14-6-4-12(5-7-14)8-9-16/h4-7,11,13H,2-3,8,10H2,1H3,(H,17,18)/t11-/m1/s1. The summed E-state index contributed by atoms with van der Waals surface area (Å²) in [6.45, 7) is 2.44. The number of hydrogen-bond donors (Lipinski definition) is 1. The first-order valence-electron chi connectivity index (χ1n) is 6.57. The molecule has 1 atom stereocenters. The number of anilines is 1. The van der Waals surface area contributed by atoms with Crippen LogP contribution in [0.2, 0.25) is 0 Å². The predicted molar refractivity (Wildman–Crippen MR) is 72.5 cm³/mol. The lowest BCUT2D eigenvalue weighted by molar-refractivity contribution is -0.126. The molecule has 2 rings (SSSR count). The summed E-state index contributed by atoms with van der Waals surface area (Å²) in [6, 6.07) is 9.38. The first-order valence-corrected chi connectivity index (χ1v) is 6.57.